The van der Waals surface area contributed by atoms with E-state index in [1.165, 1.54) is 4.57 Å². The van der Waals surface area contributed by atoms with E-state index in [9.17, 15) is 4.79 Å². The summed E-state index contributed by atoms with van der Waals surface area (Å²) in [6.07, 6.45) is 2.10. The fourth-order valence-electron chi connectivity index (χ4n) is 2.30. The van der Waals surface area contributed by atoms with Crippen LogP contribution >= 0.6 is 11.6 Å². The Balaban J connectivity index is 1.76. The summed E-state index contributed by atoms with van der Waals surface area (Å²) in [6.45, 7) is 0.187. The molecule has 0 saturated heterocycles. The van der Waals surface area contributed by atoms with Gasteiger partial charge in [-0.05, 0) is 35.4 Å². The first-order valence-electron chi connectivity index (χ1n) is 6.82. The third-order valence-electron chi connectivity index (χ3n) is 3.55. The molecule has 1 fully saturated rings. The van der Waals surface area contributed by atoms with E-state index in [4.69, 9.17) is 16.1 Å². The predicted octanol–water partition coefficient (Wildman–Crippen LogP) is 1.53. The summed E-state index contributed by atoms with van der Waals surface area (Å²) in [6, 6.07) is 7.46. The van der Waals surface area contributed by atoms with Gasteiger partial charge in [-0.1, -0.05) is 28.9 Å². The summed E-state index contributed by atoms with van der Waals surface area (Å²) in [4.78, 5) is 12.0. The number of rotatable bonds is 4. The molecule has 0 atom stereocenters. The number of halogens is 1. The predicted molar refractivity (Wildman–Crippen MR) is 76.4 cm³/mol. The molecule has 9 heteroatoms. The summed E-state index contributed by atoms with van der Waals surface area (Å²) < 4.78 is 7.92. The zero-order valence-electron chi connectivity index (χ0n) is 11.4. The molecule has 0 aliphatic heterocycles. The molecule has 3 aromatic rings. The third-order valence-corrected chi connectivity index (χ3v) is 3.88. The van der Waals surface area contributed by atoms with Gasteiger partial charge in [0.05, 0.1) is 17.6 Å². The highest BCUT2D eigenvalue weighted by Crippen LogP contribution is 2.34. The van der Waals surface area contributed by atoms with Crippen LogP contribution < -0.4 is 5.76 Å². The minimum absolute atomic E-state index is 0.187. The van der Waals surface area contributed by atoms with Crippen molar-refractivity contribution < 1.29 is 4.52 Å². The molecular formula is C13H11ClN6O2. The minimum atomic E-state index is -0.569. The molecule has 1 aliphatic rings. The van der Waals surface area contributed by atoms with E-state index < -0.39 is 5.76 Å². The maximum absolute atomic E-state index is 12.0. The normalized spacial score (nSPS) is 14.4. The zero-order chi connectivity index (χ0) is 15.1. The van der Waals surface area contributed by atoms with Crippen LogP contribution in [0.2, 0.25) is 5.02 Å². The smallest absolute Gasteiger partial charge is 0.295 e. The van der Waals surface area contributed by atoms with Crippen molar-refractivity contribution >= 4 is 11.6 Å². The van der Waals surface area contributed by atoms with Crippen molar-refractivity contribution in [1.29, 1.82) is 0 Å². The van der Waals surface area contributed by atoms with Crippen molar-refractivity contribution in [2.24, 2.45) is 0 Å². The maximum Gasteiger partial charge on any atom is 0.442 e. The largest absolute Gasteiger partial charge is 0.442 e. The average molecular weight is 319 g/mol. The Morgan fingerprint density at radius 2 is 2.14 bits per heavy atom. The number of aromatic nitrogens is 6. The highest BCUT2D eigenvalue weighted by molar-refractivity contribution is 6.33. The Morgan fingerprint density at radius 1 is 1.32 bits per heavy atom. The van der Waals surface area contributed by atoms with Crippen LogP contribution in [0.5, 0.6) is 0 Å². The van der Waals surface area contributed by atoms with E-state index >= 15 is 0 Å². The van der Waals surface area contributed by atoms with Gasteiger partial charge in [0.1, 0.15) is 0 Å². The molecular weight excluding hydrogens is 308 g/mol. The van der Waals surface area contributed by atoms with Crippen LogP contribution in [-0.4, -0.2) is 29.9 Å². The van der Waals surface area contributed by atoms with Crippen LogP contribution in [0.1, 0.15) is 24.7 Å². The van der Waals surface area contributed by atoms with Crippen LogP contribution in [0.4, 0.5) is 0 Å². The summed E-state index contributed by atoms with van der Waals surface area (Å²) >= 11 is 6.17. The molecule has 8 nitrogen and oxygen atoms in total. The summed E-state index contributed by atoms with van der Waals surface area (Å²) in [5, 5.41) is 16.0. The molecule has 2 aromatic heterocycles. The van der Waals surface area contributed by atoms with Gasteiger partial charge in [0.25, 0.3) is 0 Å². The molecule has 1 aromatic carbocycles. The van der Waals surface area contributed by atoms with Crippen LogP contribution in [0.25, 0.3) is 11.4 Å². The lowest BCUT2D eigenvalue weighted by atomic mass is 10.2. The number of hydrogen-bond donors (Lipinski definition) is 0. The van der Waals surface area contributed by atoms with E-state index in [2.05, 4.69) is 20.7 Å². The SMILES string of the molecule is O=c1onc(-c2ccccc2Cl)n1Cc1nnnn1C1CC1. The Kier molecular flexibility index (Phi) is 3.04. The van der Waals surface area contributed by atoms with Crippen molar-refractivity contribution in [3.63, 3.8) is 0 Å². The van der Waals surface area contributed by atoms with Crippen molar-refractivity contribution in [2.45, 2.75) is 25.4 Å². The van der Waals surface area contributed by atoms with Gasteiger partial charge in [0.2, 0.25) is 0 Å². The first-order chi connectivity index (χ1) is 10.7. The molecule has 0 spiro atoms. The topological polar surface area (TPSA) is 91.6 Å². The van der Waals surface area contributed by atoms with E-state index in [1.54, 1.807) is 16.8 Å². The van der Waals surface area contributed by atoms with Gasteiger partial charge in [-0.3, -0.25) is 4.52 Å². The summed E-state index contributed by atoms with van der Waals surface area (Å²) in [7, 11) is 0. The van der Waals surface area contributed by atoms with E-state index in [0.717, 1.165) is 12.8 Å². The molecule has 0 unspecified atom stereocenters. The van der Waals surface area contributed by atoms with Gasteiger partial charge in [0, 0.05) is 5.56 Å². The maximum atomic E-state index is 12.0. The monoisotopic (exact) mass is 318 g/mol. The van der Waals surface area contributed by atoms with Crippen molar-refractivity contribution in [3.05, 3.63) is 45.7 Å². The fourth-order valence-corrected chi connectivity index (χ4v) is 2.52. The van der Waals surface area contributed by atoms with Gasteiger partial charge in [0.15, 0.2) is 11.6 Å². The van der Waals surface area contributed by atoms with Gasteiger partial charge >= 0.3 is 5.76 Å². The van der Waals surface area contributed by atoms with E-state index in [1.807, 2.05) is 12.1 Å². The molecule has 1 aliphatic carbocycles. The van der Waals surface area contributed by atoms with Crippen LogP contribution in [0.15, 0.2) is 33.6 Å². The first kappa shape index (κ1) is 13.2. The second kappa shape index (κ2) is 5.06. The second-order valence-electron chi connectivity index (χ2n) is 5.11. The number of benzene rings is 1. The Hall–Kier alpha value is -2.48. The lowest BCUT2D eigenvalue weighted by Gasteiger charge is -2.06. The summed E-state index contributed by atoms with van der Waals surface area (Å²) in [5.74, 6) is 0.391. The Bertz CT molecular complexity index is 879. The highest BCUT2D eigenvalue weighted by Gasteiger charge is 2.28. The summed E-state index contributed by atoms with van der Waals surface area (Å²) in [5.41, 5.74) is 0.625. The number of nitrogens with zero attached hydrogens (tertiary/aromatic N) is 6. The van der Waals surface area contributed by atoms with E-state index in [-0.39, 0.29) is 6.54 Å². The standard InChI is InChI=1S/C13H11ClN6O2/c14-10-4-2-1-3-9(10)12-16-22-13(21)19(12)7-11-15-17-18-20(11)8-5-6-8/h1-4,8H,5-7H2. The quantitative estimate of drug-likeness (QED) is 0.724. The zero-order valence-corrected chi connectivity index (χ0v) is 12.1. The highest BCUT2D eigenvalue weighted by atomic mass is 35.5. The van der Waals surface area contributed by atoms with Crippen LogP contribution in [0.3, 0.4) is 0 Å². The molecule has 22 heavy (non-hydrogen) atoms. The first-order valence-corrected chi connectivity index (χ1v) is 7.20. The third kappa shape index (κ3) is 2.21. The molecule has 2 heterocycles. The number of tetrazole rings is 1. The lowest BCUT2D eigenvalue weighted by molar-refractivity contribution is 0.377. The second-order valence-corrected chi connectivity index (χ2v) is 5.52. The van der Waals surface area contributed by atoms with Crippen molar-refractivity contribution in [2.75, 3.05) is 0 Å². The molecule has 0 radical (unpaired) electrons. The molecule has 0 bridgehead atoms. The van der Waals surface area contributed by atoms with Gasteiger partial charge in [-0.25, -0.2) is 14.0 Å². The number of hydrogen-bond acceptors (Lipinski definition) is 6. The molecule has 112 valence electrons. The Labute approximate surface area is 129 Å². The van der Waals surface area contributed by atoms with Gasteiger partial charge in [-0.2, -0.15) is 0 Å². The molecule has 1 saturated carbocycles. The molecule has 4 rings (SSSR count). The average Bonchev–Trinajstić information content (AvgIpc) is 3.16. The molecule has 0 N–H and O–H groups in total. The lowest BCUT2D eigenvalue weighted by Crippen LogP contribution is -2.19. The molecule has 0 amide bonds. The fraction of sp³-hybridized carbons (Fsp3) is 0.308. The minimum Gasteiger partial charge on any atom is -0.295 e. The van der Waals surface area contributed by atoms with Crippen LogP contribution in [-0.2, 0) is 6.54 Å². The van der Waals surface area contributed by atoms with Crippen molar-refractivity contribution in [3.8, 4) is 11.4 Å². The van der Waals surface area contributed by atoms with Gasteiger partial charge in [-0.15, -0.1) is 5.10 Å². The van der Waals surface area contributed by atoms with Crippen LogP contribution in [0, 0.1) is 0 Å². The van der Waals surface area contributed by atoms with Gasteiger partial charge < -0.3 is 0 Å². The Morgan fingerprint density at radius 3 is 2.91 bits per heavy atom. The van der Waals surface area contributed by atoms with E-state index in [0.29, 0.717) is 28.3 Å². The van der Waals surface area contributed by atoms with Crippen molar-refractivity contribution in [1.82, 2.24) is 29.9 Å².